The van der Waals surface area contributed by atoms with Gasteiger partial charge in [0, 0.05) is 31.4 Å². The van der Waals surface area contributed by atoms with Gasteiger partial charge < -0.3 is 4.90 Å². The lowest BCUT2D eigenvalue weighted by Gasteiger charge is -2.36. The predicted octanol–water partition coefficient (Wildman–Crippen LogP) is 1.37. The Morgan fingerprint density at radius 2 is 2.04 bits per heavy atom. The van der Waals surface area contributed by atoms with Gasteiger partial charge in [-0.3, -0.25) is 9.69 Å². The number of fused-ring (bicyclic) bond motifs is 1. The van der Waals surface area contributed by atoms with Gasteiger partial charge in [-0.05, 0) is 37.8 Å². The van der Waals surface area contributed by atoms with Gasteiger partial charge >= 0.3 is 0 Å². The monoisotopic (exact) mass is 365 g/mol. The normalized spacial score (nSPS) is 24.3. The number of likely N-dealkylation sites (tertiary alicyclic amines) is 1. The van der Waals surface area contributed by atoms with Crippen LogP contribution in [-0.2, 0) is 21.2 Å². The van der Waals surface area contributed by atoms with E-state index >= 15 is 0 Å². The maximum absolute atomic E-state index is 12.9. The quantitative estimate of drug-likeness (QED) is 0.856. The minimum atomic E-state index is -3.28. The summed E-state index contributed by atoms with van der Waals surface area (Å²) < 4.78 is 26.9. The fourth-order valence-corrected chi connectivity index (χ4v) is 5.31. The van der Waals surface area contributed by atoms with Crippen molar-refractivity contribution in [3.8, 4) is 0 Å². The summed E-state index contributed by atoms with van der Waals surface area (Å²) in [5.74, 6) is 0.0566. The van der Waals surface area contributed by atoms with Gasteiger partial charge in [0.2, 0.25) is 15.9 Å². The smallest absolute Gasteiger partial charge is 0.241 e. The van der Waals surface area contributed by atoms with Gasteiger partial charge in [0.25, 0.3) is 0 Å². The van der Waals surface area contributed by atoms with Gasteiger partial charge in [-0.15, -0.1) is 0 Å². The predicted molar refractivity (Wildman–Crippen MR) is 99.2 cm³/mol. The van der Waals surface area contributed by atoms with Gasteiger partial charge in [0.05, 0.1) is 11.8 Å². The molecular weight excluding hydrogens is 338 g/mol. The molecule has 1 saturated heterocycles. The Kier molecular flexibility index (Phi) is 5.46. The molecule has 1 amide bonds. The van der Waals surface area contributed by atoms with Crippen molar-refractivity contribution in [2.24, 2.45) is 0 Å². The SMILES string of the molecule is CCNS(=O)(=O)C1CCN(CC(=O)N2c3ccccc3CCC2C)C1. The number of hydrogen-bond acceptors (Lipinski definition) is 4. The van der Waals surface area contributed by atoms with Crippen LogP contribution in [0.2, 0.25) is 0 Å². The number of carbonyl (C=O) groups is 1. The molecule has 2 atom stereocenters. The summed E-state index contributed by atoms with van der Waals surface area (Å²) in [5, 5.41) is -0.425. The van der Waals surface area contributed by atoms with Crippen molar-refractivity contribution >= 4 is 21.6 Å². The number of aryl methyl sites for hydroxylation is 1. The Bertz CT molecular complexity index is 735. The molecule has 2 unspecified atom stereocenters. The molecule has 25 heavy (non-hydrogen) atoms. The molecule has 1 N–H and O–H groups in total. The third-order valence-electron chi connectivity index (χ3n) is 5.16. The molecule has 6 nitrogen and oxygen atoms in total. The molecule has 2 aliphatic heterocycles. The van der Waals surface area contributed by atoms with Crippen LogP contribution in [0.25, 0.3) is 0 Å². The highest BCUT2D eigenvalue weighted by Crippen LogP contribution is 2.30. The molecule has 1 aromatic rings. The fourth-order valence-electron chi connectivity index (χ4n) is 3.85. The third-order valence-corrected chi connectivity index (χ3v) is 7.12. The highest BCUT2D eigenvalue weighted by molar-refractivity contribution is 7.90. The number of hydrogen-bond donors (Lipinski definition) is 1. The molecule has 0 saturated carbocycles. The number of anilines is 1. The van der Waals surface area contributed by atoms with E-state index in [1.807, 2.05) is 28.0 Å². The van der Waals surface area contributed by atoms with Crippen LogP contribution < -0.4 is 9.62 Å². The summed E-state index contributed by atoms with van der Waals surface area (Å²) in [6.45, 7) is 5.60. The first-order valence-electron chi connectivity index (χ1n) is 9.03. The first kappa shape index (κ1) is 18.4. The lowest BCUT2D eigenvalue weighted by molar-refractivity contribution is -0.120. The summed E-state index contributed by atoms with van der Waals surface area (Å²) in [6.07, 6.45) is 2.53. The van der Waals surface area contributed by atoms with Crippen molar-refractivity contribution < 1.29 is 13.2 Å². The molecule has 0 radical (unpaired) electrons. The zero-order valence-electron chi connectivity index (χ0n) is 14.9. The van der Waals surface area contributed by atoms with E-state index < -0.39 is 15.3 Å². The van der Waals surface area contributed by atoms with Crippen LogP contribution in [0, 0.1) is 0 Å². The molecular formula is C18H27N3O3S. The summed E-state index contributed by atoms with van der Waals surface area (Å²) >= 11 is 0. The summed E-state index contributed by atoms with van der Waals surface area (Å²) in [7, 11) is -3.28. The number of carbonyl (C=O) groups excluding carboxylic acids is 1. The van der Waals surface area contributed by atoms with Gasteiger partial charge in [0.1, 0.15) is 0 Å². The topological polar surface area (TPSA) is 69.7 Å². The molecule has 7 heteroatoms. The Morgan fingerprint density at radius 1 is 1.28 bits per heavy atom. The van der Waals surface area contributed by atoms with E-state index in [2.05, 4.69) is 17.7 Å². The van der Waals surface area contributed by atoms with Crippen LogP contribution in [-0.4, -0.2) is 56.7 Å². The minimum Gasteiger partial charge on any atom is -0.308 e. The number of sulfonamides is 1. The van der Waals surface area contributed by atoms with Gasteiger partial charge in [-0.2, -0.15) is 0 Å². The lowest BCUT2D eigenvalue weighted by atomic mass is 9.96. The molecule has 0 spiro atoms. The molecule has 3 rings (SSSR count). The fraction of sp³-hybridized carbons (Fsp3) is 0.611. The number of amides is 1. The van der Waals surface area contributed by atoms with Gasteiger partial charge in [-0.25, -0.2) is 13.1 Å². The molecule has 1 aromatic carbocycles. The Hall–Kier alpha value is -1.44. The first-order chi connectivity index (χ1) is 11.9. The maximum atomic E-state index is 12.9. The zero-order valence-corrected chi connectivity index (χ0v) is 15.8. The highest BCUT2D eigenvalue weighted by Gasteiger charge is 2.35. The Labute approximate surface area is 150 Å². The molecule has 0 aromatic heterocycles. The van der Waals surface area contributed by atoms with E-state index in [1.54, 1.807) is 6.92 Å². The average Bonchev–Trinajstić information content (AvgIpc) is 3.04. The lowest BCUT2D eigenvalue weighted by Crippen LogP contribution is -2.47. The third kappa shape index (κ3) is 3.88. The molecule has 2 aliphatic rings. The van der Waals surface area contributed by atoms with E-state index in [-0.39, 0.29) is 18.5 Å². The van der Waals surface area contributed by atoms with Crippen molar-refractivity contribution in [3.63, 3.8) is 0 Å². The van der Waals surface area contributed by atoms with E-state index in [0.29, 0.717) is 26.1 Å². The van der Waals surface area contributed by atoms with Crippen molar-refractivity contribution in [2.75, 3.05) is 31.1 Å². The number of nitrogens with zero attached hydrogens (tertiary/aromatic N) is 2. The van der Waals surface area contributed by atoms with Crippen LogP contribution >= 0.6 is 0 Å². The number of nitrogens with one attached hydrogen (secondary N) is 1. The molecule has 138 valence electrons. The Balaban J connectivity index is 1.67. The Morgan fingerprint density at radius 3 is 2.80 bits per heavy atom. The molecule has 1 fully saturated rings. The van der Waals surface area contributed by atoms with Crippen LogP contribution in [0.4, 0.5) is 5.69 Å². The number of benzene rings is 1. The minimum absolute atomic E-state index is 0.0566. The van der Waals surface area contributed by atoms with E-state index in [1.165, 1.54) is 5.56 Å². The van der Waals surface area contributed by atoms with Gasteiger partial charge in [-0.1, -0.05) is 25.1 Å². The van der Waals surface area contributed by atoms with E-state index in [0.717, 1.165) is 18.5 Å². The summed E-state index contributed by atoms with van der Waals surface area (Å²) in [6, 6.07) is 8.23. The number of rotatable bonds is 5. The molecule has 2 heterocycles. The van der Waals surface area contributed by atoms with E-state index in [4.69, 9.17) is 0 Å². The molecule has 0 aliphatic carbocycles. The van der Waals surface area contributed by atoms with Crippen LogP contribution in [0.3, 0.4) is 0 Å². The van der Waals surface area contributed by atoms with Crippen LogP contribution in [0.1, 0.15) is 32.3 Å². The summed E-state index contributed by atoms with van der Waals surface area (Å²) in [5.41, 5.74) is 2.21. The van der Waals surface area contributed by atoms with Crippen LogP contribution in [0.15, 0.2) is 24.3 Å². The van der Waals surface area contributed by atoms with Gasteiger partial charge in [0.15, 0.2) is 0 Å². The standard InChI is InChI=1S/C18H27N3O3S/c1-3-19-25(23,24)16-10-11-20(12-16)13-18(22)21-14(2)8-9-15-6-4-5-7-17(15)21/h4-7,14,16,19H,3,8-13H2,1-2H3. The van der Waals surface area contributed by atoms with Crippen LogP contribution in [0.5, 0.6) is 0 Å². The largest absolute Gasteiger partial charge is 0.308 e. The van der Waals surface area contributed by atoms with Crippen molar-refractivity contribution in [3.05, 3.63) is 29.8 Å². The van der Waals surface area contributed by atoms with E-state index in [9.17, 15) is 13.2 Å². The maximum Gasteiger partial charge on any atom is 0.241 e. The second kappa shape index (κ2) is 7.43. The second-order valence-corrected chi connectivity index (χ2v) is 9.01. The first-order valence-corrected chi connectivity index (χ1v) is 10.6. The summed E-state index contributed by atoms with van der Waals surface area (Å²) in [4.78, 5) is 16.8. The van der Waals surface area contributed by atoms with Crippen molar-refractivity contribution in [1.82, 2.24) is 9.62 Å². The highest BCUT2D eigenvalue weighted by atomic mass is 32.2. The van der Waals surface area contributed by atoms with Crippen molar-refractivity contribution in [1.29, 1.82) is 0 Å². The second-order valence-electron chi connectivity index (χ2n) is 6.97. The average molecular weight is 365 g/mol. The van der Waals surface area contributed by atoms with Crippen molar-refractivity contribution in [2.45, 2.75) is 44.4 Å². The number of para-hydroxylation sites is 1. The zero-order chi connectivity index (χ0) is 18.0. The molecule has 0 bridgehead atoms.